The predicted molar refractivity (Wildman–Crippen MR) is 73.3 cm³/mol. The van der Waals surface area contributed by atoms with Crippen molar-refractivity contribution in [1.29, 1.82) is 0 Å². The molecule has 1 atom stereocenters. The van der Waals surface area contributed by atoms with Crippen LogP contribution >= 0.6 is 0 Å². The molecular formula is C12H16N2O6S. The summed E-state index contributed by atoms with van der Waals surface area (Å²) in [7, 11) is -0.826. The van der Waals surface area contributed by atoms with Crippen molar-refractivity contribution in [3.8, 4) is 0 Å². The first-order valence-electron chi connectivity index (χ1n) is 5.87. The number of hydrogen-bond donors (Lipinski definition) is 3. The van der Waals surface area contributed by atoms with Gasteiger partial charge in [-0.15, -0.1) is 0 Å². The molecule has 21 heavy (non-hydrogen) atoms. The van der Waals surface area contributed by atoms with Crippen LogP contribution in [0, 0.1) is 0 Å². The number of nitrogens with one attached hydrogen (secondary N) is 1. The Morgan fingerprint density at radius 3 is 2.14 bits per heavy atom. The molecule has 1 rings (SSSR count). The van der Waals surface area contributed by atoms with E-state index in [4.69, 9.17) is 10.2 Å². The van der Waals surface area contributed by atoms with Crippen LogP contribution in [0.25, 0.3) is 0 Å². The smallest absolute Gasteiger partial charge is 0.328 e. The fourth-order valence-corrected chi connectivity index (χ4v) is 2.32. The first-order chi connectivity index (χ1) is 9.70. The predicted octanol–water partition coefficient (Wildman–Crippen LogP) is -0.888. The number of carboxylic acid groups (broad SMARTS) is 1. The van der Waals surface area contributed by atoms with Crippen molar-refractivity contribution in [3.05, 3.63) is 29.8 Å². The normalized spacial score (nSPS) is 13.0. The van der Waals surface area contributed by atoms with Gasteiger partial charge in [0.25, 0.3) is 5.91 Å². The molecule has 0 fully saturated rings. The van der Waals surface area contributed by atoms with Gasteiger partial charge in [0.2, 0.25) is 10.0 Å². The molecule has 1 amide bonds. The summed E-state index contributed by atoms with van der Waals surface area (Å²) in [4.78, 5) is 22.5. The van der Waals surface area contributed by atoms with Gasteiger partial charge in [0.15, 0.2) is 6.04 Å². The number of carbonyl (C=O) groups is 2. The molecule has 116 valence electrons. The molecule has 1 unspecified atom stereocenters. The lowest BCUT2D eigenvalue weighted by atomic mass is 10.2. The number of aliphatic hydroxyl groups excluding tert-OH is 1. The number of benzene rings is 1. The third-order valence-corrected chi connectivity index (χ3v) is 4.51. The van der Waals surface area contributed by atoms with Crippen molar-refractivity contribution in [2.75, 3.05) is 20.7 Å². The molecule has 0 aromatic heterocycles. The van der Waals surface area contributed by atoms with Crippen molar-refractivity contribution in [2.24, 2.45) is 0 Å². The molecule has 0 saturated carbocycles. The molecule has 1 aromatic rings. The monoisotopic (exact) mass is 316 g/mol. The lowest BCUT2D eigenvalue weighted by molar-refractivity contribution is -0.140. The number of sulfonamides is 1. The van der Waals surface area contributed by atoms with Gasteiger partial charge in [0.05, 0.1) is 11.5 Å². The van der Waals surface area contributed by atoms with Crippen LogP contribution in [0.2, 0.25) is 0 Å². The second-order valence-corrected chi connectivity index (χ2v) is 6.51. The summed E-state index contributed by atoms with van der Waals surface area (Å²) in [6.07, 6.45) is 0. The van der Waals surface area contributed by atoms with Gasteiger partial charge in [0, 0.05) is 19.7 Å². The fourth-order valence-electron chi connectivity index (χ4n) is 1.42. The van der Waals surface area contributed by atoms with Gasteiger partial charge >= 0.3 is 5.97 Å². The van der Waals surface area contributed by atoms with Gasteiger partial charge in [0.1, 0.15) is 0 Å². The van der Waals surface area contributed by atoms with Gasteiger partial charge in [-0.3, -0.25) is 4.79 Å². The number of hydrogen-bond acceptors (Lipinski definition) is 5. The first kappa shape index (κ1) is 17.1. The van der Waals surface area contributed by atoms with E-state index in [2.05, 4.69) is 5.32 Å². The van der Waals surface area contributed by atoms with E-state index in [1.165, 1.54) is 38.4 Å². The second kappa shape index (κ2) is 6.66. The second-order valence-electron chi connectivity index (χ2n) is 4.36. The van der Waals surface area contributed by atoms with Crippen molar-refractivity contribution in [3.63, 3.8) is 0 Å². The highest BCUT2D eigenvalue weighted by Gasteiger charge is 2.21. The Morgan fingerprint density at radius 1 is 1.24 bits per heavy atom. The highest BCUT2D eigenvalue weighted by Crippen LogP contribution is 2.14. The van der Waals surface area contributed by atoms with E-state index < -0.39 is 34.5 Å². The minimum Gasteiger partial charge on any atom is -0.480 e. The molecule has 1 aromatic carbocycles. The molecule has 0 aliphatic carbocycles. The molecule has 0 saturated heterocycles. The quantitative estimate of drug-likeness (QED) is 0.625. The Balaban J connectivity index is 2.93. The molecule has 0 radical (unpaired) electrons. The largest absolute Gasteiger partial charge is 0.480 e. The van der Waals surface area contributed by atoms with E-state index in [0.717, 1.165) is 4.31 Å². The van der Waals surface area contributed by atoms with Crippen molar-refractivity contribution >= 4 is 21.9 Å². The molecule has 0 heterocycles. The van der Waals surface area contributed by atoms with E-state index in [1.807, 2.05) is 0 Å². The third kappa shape index (κ3) is 4.00. The summed E-state index contributed by atoms with van der Waals surface area (Å²) in [6, 6.07) is 3.62. The lowest BCUT2D eigenvalue weighted by Gasteiger charge is -2.13. The van der Waals surface area contributed by atoms with Crippen LogP contribution in [0.4, 0.5) is 0 Å². The van der Waals surface area contributed by atoms with Crippen molar-refractivity contribution in [1.82, 2.24) is 9.62 Å². The van der Waals surface area contributed by atoms with Gasteiger partial charge in [-0.25, -0.2) is 17.5 Å². The SMILES string of the molecule is CN(C)S(=O)(=O)c1ccc(C(=O)NC(CO)C(=O)O)cc1. The number of aliphatic hydroxyl groups is 1. The Kier molecular flexibility index (Phi) is 5.41. The number of carbonyl (C=O) groups excluding carboxylic acids is 1. The minimum atomic E-state index is -3.59. The van der Waals surface area contributed by atoms with Crippen LogP contribution in [-0.2, 0) is 14.8 Å². The van der Waals surface area contributed by atoms with Gasteiger partial charge < -0.3 is 15.5 Å². The number of amides is 1. The van der Waals surface area contributed by atoms with Crippen LogP contribution in [0.1, 0.15) is 10.4 Å². The summed E-state index contributed by atoms with van der Waals surface area (Å²) < 4.78 is 24.7. The first-order valence-corrected chi connectivity index (χ1v) is 7.31. The van der Waals surface area contributed by atoms with E-state index in [0.29, 0.717) is 0 Å². The number of rotatable bonds is 6. The summed E-state index contributed by atoms with van der Waals surface area (Å²) in [5, 5.41) is 19.7. The molecule has 9 heteroatoms. The van der Waals surface area contributed by atoms with Crippen LogP contribution in [0.15, 0.2) is 29.2 Å². The molecule has 0 aliphatic heterocycles. The van der Waals surface area contributed by atoms with Crippen LogP contribution < -0.4 is 5.32 Å². The standard InChI is InChI=1S/C12H16N2O6S/c1-14(2)21(19,20)9-5-3-8(4-6-9)11(16)13-10(7-15)12(17)18/h3-6,10,15H,7H2,1-2H3,(H,13,16)(H,17,18). The Morgan fingerprint density at radius 2 is 1.76 bits per heavy atom. The van der Waals surface area contributed by atoms with E-state index in [1.54, 1.807) is 0 Å². The third-order valence-electron chi connectivity index (χ3n) is 2.68. The number of carboxylic acids is 1. The van der Waals surface area contributed by atoms with Gasteiger partial charge in [-0.2, -0.15) is 0 Å². The van der Waals surface area contributed by atoms with E-state index in [-0.39, 0.29) is 10.5 Å². The maximum Gasteiger partial charge on any atom is 0.328 e. The fraction of sp³-hybridized carbons (Fsp3) is 0.333. The molecular weight excluding hydrogens is 300 g/mol. The molecule has 3 N–H and O–H groups in total. The Labute approximate surface area is 122 Å². The zero-order valence-corrected chi connectivity index (χ0v) is 12.3. The van der Waals surface area contributed by atoms with Crippen LogP contribution in [-0.4, -0.2) is 61.6 Å². The summed E-state index contributed by atoms with van der Waals surface area (Å²) in [5.41, 5.74) is 0.0902. The van der Waals surface area contributed by atoms with Gasteiger partial charge in [-0.1, -0.05) is 0 Å². The maximum absolute atomic E-state index is 11.8. The minimum absolute atomic E-state index is 0.0148. The molecule has 0 spiro atoms. The maximum atomic E-state index is 11.8. The Bertz CT molecular complexity index is 624. The average Bonchev–Trinajstić information content (AvgIpc) is 2.44. The average molecular weight is 316 g/mol. The topological polar surface area (TPSA) is 124 Å². The lowest BCUT2D eigenvalue weighted by Crippen LogP contribution is -2.43. The highest BCUT2D eigenvalue weighted by atomic mass is 32.2. The number of aliphatic carboxylic acids is 1. The van der Waals surface area contributed by atoms with Crippen molar-refractivity contribution in [2.45, 2.75) is 10.9 Å². The van der Waals surface area contributed by atoms with E-state index in [9.17, 15) is 18.0 Å². The number of nitrogens with zero attached hydrogens (tertiary/aromatic N) is 1. The summed E-state index contributed by atoms with van der Waals surface area (Å²) in [5.74, 6) is -2.08. The summed E-state index contributed by atoms with van der Waals surface area (Å²) >= 11 is 0. The molecule has 0 aliphatic rings. The highest BCUT2D eigenvalue weighted by molar-refractivity contribution is 7.89. The molecule has 8 nitrogen and oxygen atoms in total. The van der Waals surface area contributed by atoms with E-state index >= 15 is 0 Å². The zero-order valence-electron chi connectivity index (χ0n) is 11.5. The summed E-state index contributed by atoms with van der Waals surface area (Å²) in [6.45, 7) is -0.742. The van der Waals surface area contributed by atoms with Crippen molar-refractivity contribution < 1.29 is 28.2 Å². The Hall–Kier alpha value is -1.97. The van der Waals surface area contributed by atoms with Gasteiger partial charge in [-0.05, 0) is 24.3 Å². The zero-order chi connectivity index (χ0) is 16.2. The van der Waals surface area contributed by atoms with Crippen LogP contribution in [0.5, 0.6) is 0 Å². The van der Waals surface area contributed by atoms with Crippen LogP contribution in [0.3, 0.4) is 0 Å². The molecule has 0 bridgehead atoms.